The van der Waals surface area contributed by atoms with Gasteiger partial charge in [0.2, 0.25) is 0 Å². The maximum atomic E-state index is 12.2. The number of nitrogens with zero attached hydrogens (tertiary/aromatic N) is 2. The fraction of sp³-hybridized carbons (Fsp3) is 0.267. The van der Waals surface area contributed by atoms with Crippen LogP contribution in [-0.4, -0.2) is 38.7 Å². The first-order valence-corrected chi connectivity index (χ1v) is 7.28. The van der Waals surface area contributed by atoms with Crippen molar-refractivity contribution >= 4 is 17.8 Å². The van der Waals surface area contributed by atoms with Crippen molar-refractivity contribution in [2.75, 3.05) is 11.9 Å². The topological polar surface area (TPSA) is 110 Å². The number of phenolic OH excluding ortho intramolecular Hbond substituents is 1. The number of aromatic amines is 1. The van der Waals surface area contributed by atoms with Crippen LogP contribution in [0, 0.1) is 0 Å². The molecule has 3 amide bonds. The van der Waals surface area contributed by atoms with Gasteiger partial charge in [-0.15, -0.1) is 0 Å². The molecule has 0 spiro atoms. The predicted molar refractivity (Wildman–Crippen MR) is 83.0 cm³/mol. The maximum absolute atomic E-state index is 12.2. The van der Waals surface area contributed by atoms with Crippen molar-refractivity contribution in [3.8, 4) is 5.75 Å². The number of rotatable bonds is 3. The molecule has 120 valence electrons. The Labute approximate surface area is 132 Å². The molecule has 23 heavy (non-hydrogen) atoms. The van der Waals surface area contributed by atoms with E-state index in [9.17, 15) is 14.7 Å². The number of urea groups is 1. The Morgan fingerprint density at radius 2 is 2.13 bits per heavy atom. The summed E-state index contributed by atoms with van der Waals surface area (Å²) >= 11 is 0. The molecule has 0 fully saturated rings. The Kier molecular flexibility index (Phi) is 3.88. The number of anilines is 1. The van der Waals surface area contributed by atoms with Gasteiger partial charge in [-0.2, -0.15) is 5.10 Å². The van der Waals surface area contributed by atoms with Crippen molar-refractivity contribution < 1.29 is 14.7 Å². The summed E-state index contributed by atoms with van der Waals surface area (Å²) in [5, 5.41) is 22.0. The number of aromatic hydroxyl groups is 1. The van der Waals surface area contributed by atoms with E-state index in [4.69, 9.17) is 0 Å². The number of carbonyl (C=O) groups is 2. The molecule has 2 aromatic rings. The summed E-state index contributed by atoms with van der Waals surface area (Å²) in [5.74, 6) is -0.171. The lowest BCUT2D eigenvalue weighted by Crippen LogP contribution is -2.36. The highest BCUT2D eigenvalue weighted by molar-refractivity contribution is 6.06. The molecule has 0 radical (unpaired) electrons. The first kappa shape index (κ1) is 14.9. The molecule has 8 heteroatoms. The smallest absolute Gasteiger partial charge is 0.318 e. The van der Waals surface area contributed by atoms with Gasteiger partial charge < -0.3 is 20.6 Å². The molecule has 0 unspecified atom stereocenters. The minimum absolute atomic E-state index is 0.0962. The van der Waals surface area contributed by atoms with Gasteiger partial charge in [0, 0.05) is 12.1 Å². The second-order valence-corrected chi connectivity index (χ2v) is 5.19. The number of phenols is 1. The van der Waals surface area contributed by atoms with Crippen LogP contribution in [0.1, 0.15) is 28.5 Å². The molecule has 1 aliphatic heterocycles. The number of fused-ring (bicyclic) bond motifs is 1. The van der Waals surface area contributed by atoms with Gasteiger partial charge in [-0.3, -0.25) is 9.89 Å². The second-order valence-electron chi connectivity index (χ2n) is 5.19. The van der Waals surface area contributed by atoms with E-state index in [2.05, 4.69) is 20.8 Å². The molecule has 3 rings (SSSR count). The fourth-order valence-electron chi connectivity index (χ4n) is 2.49. The molecule has 1 aliphatic rings. The quantitative estimate of drug-likeness (QED) is 0.686. The number of H-pyrrole nitrogens is 1. The molecular weight excluding hydrogens is 298 g/mol. The molecule has 8 nitrogen and oxygen atoms in total. The molecule has 1 aromatic heterocycles. The standard InChI is InChI=1S/C15H17N5O3/c1-2-16-15(23)20-7-10-11(8-20)18-19-13(10)17-14(22)9-5-3-4-6-12(9)21/h3-6,21H,2,7-8H2,1H3,(H,16,23)(H2,17,18,19,22). The zero-order valence-electron chi connectivity index (χ0n) is 12.6. The monoisotopic (exact) mass is 315 g/mol. The molecule has 0 aliphatic carbocycles. The van der Waals surface area contributed by atoms with Gasteiger partial charge in [0.25, 0.3) is 5.91 Å². The van der Waals surface area contributed by atoms with E-state index in [1.807, 2.05) is 6.92 Å². The maximum Gasteiger partial charge on any atom is 0.318 e. The van der Waals surface area contributed by atoms with Gasteiger partial charge in [0.15, 0.2) is 5.82 Å². The highest BCUT2D eigenvalue weighted by Gasteiger charge is 2.28. The number of hydrogen-bond donors (Lipinski definition) is 4. The number of hydrogen-bond acceptors (Lipinski definition) is 4. The Bertz CT molecular complexity index is 755. The lowest BCUT2D eigenvalue weighted by atomic mass is 10.2. The summed E-state index contributed by atoms with van der Waals surface area (Å²) < 4.78 is 0. The molecular formula is C15H17N5O3. The predicted octanol–water partition coefficient (Wildman–Crippen LogP) is 1.41. The second kappa shape index (κ2) is 5.99. The van der Waals surface area contributed by atoms with Gasteiger partial charge in [-0.25, -0.2) is 4.79 Å². The Hall–Kier alpha value is -3.03. The first-order valence-electron chi connectivity index (χ1n) is 7.28. The molecule has 4 N–H and O–H groups in total. The van der Waals surface area contributed by atoms with Crippen molar-refractivity contribution in [3.63, 3.8) is 0 Å². The van der Waals surface area contributed by atoms with Gasteiger partial charge in [0.05, 0.1) is 24.3 Å². The van der Waals surface area contributed by atoms with Crippen LogP contribution in [0.5, 0.6) is 5.75 Å². The van der Waals surface area contributed by atoms with Crippen LogP contribution in [-0.2, 0) is 13.1 Å². The number of nitrogens with one attached hydrogen (secondary N) is 3. The summed E-state index contributed by atoms with van der Waals surface area (Å²) in [4.78, 5) is 25.7. The number of aromatic nitrogens is 2. The highest BCUT2D eigenvalue weighted by atomic mass is 16.3. The van der Waals surface area contributed by atoms with Gasteiger partial charge in [0.1, 0.15) is 5.75 Å². The van der Waals surface area contributed by atoms with Crippen LogP contribution in [0.4, 0.5) is 10.6 Å². The Morgan fingerprint density at radius 1 is 1.35 bits per heavy atom. The lowest BCUT2D eigenvalue weighted by Gasteiger charge is -2.15. The van der Waals surface area contributed by atoms with Crippen LogP contribution < -0.4 is 10.6 Å². The molecule has 2 heterocycles. The van der Waals surface area contributed by atoms with Crippen molar-refractivity contribution in [1.82, 2.24) is 20.4 Å². The third kappa shape index (κ3) is 2.83. The first-order chi connectivity index (χ1) is 11.1. The summed E-state index contributed by atoms with van der Waals surface area (Å²) in [5.41, 5.74) is 1.74. The van der Waals surface area contributed by atoms with E-state index in [1.165, 1.54) is 12.1 Å². The van der Waals surface area contributed by atoms with Crippen LogP contribution in [0.3, 0.4) is 0 Å². The van der Waals surface area contributed by atoms with E-state index < -0.39 is 5.91 Å². The third-order valence-corrected chi connectivity index (χ3v) is 3.65. The summed E-state index contributed by atoms with van der Waals surface area (Å²) in [6.07, 6.45) is 0. The lowest BCUT2D eigenvalue weighted by molar-refractivity contribution is 0.102. The van der Waals surface area contributed by atoms with Crippen LogP contribution in [0.15, 0.2) is 24.3 Å². The van der Waals surface area contributed by atoms with Gasteiger partial charge in [-0.05, 0) is 19.1 Å². The van der Waals surface area contributed by atoms with E-state index in [0.29, 0.717) is 25.5 Å². The fourth-order valence-corrected chi connectivity index (χ4v) is 2.49. The van der Waals surface area contributed by atoms with Gasteiger partial charge in [-0.1, -0.05) is 12.1 Å². The molecule has 0 atom stereocenters. The van der Waals surface area contributed by atoms with Crippen LogP contribution in [0.25, 0.3) is 0 Å². The van der Waals surface area contributed by atoms with Crippen molar-refractivity contribution in [3.05, 3.63) is 41.1 Å². The van der Waals surface area contributed by atoms with Crippen molar-refractivity contribution in [2.45, 2.75) is 20.0 Å². The van der Waals surface area contributed by atoms with Gasteiger partial charge >= 0.3 is 6.03 Å². The molecule has 0 saturated carbocycles. The summed E-state index contributed by atoms with van der Waals surface area (Å²) in [6, 6.07) is 6.12. The van der Waals surface area contributed by atoms with Crippen LogP contribution >= 0.6 is 0 Å². The molecule has 0 bridgehead atoms. The van der Waals surface area contributed by atoms with E-state index in [1.54, 1.807) is 17.0 Å². The molecule has 1 aromatic carbocycles. The Balaban J connectivity index is 1.74. The normalized spacial score (nSPS) is 12.8. The zero-order chi connectivity index (χ0) is 16.4. The van der Waals surface area contributed by atoms with E-state index in [0.717, 1.165) is 11.3 Å². The number of benzene rings is 1. The van der Waals surface area contributed by atoms with E-state index in [-0.39, 0.29) is 17.3 Å². The highest BCUT2D eigenvalue weighted by Crippen LogP contribution is 2.28. The average molecular weight is 315 g/mol. The Morgan fingerprint density at radius 3 is 2.87 bits per heavy atom. The van der Waals surface area contributed by atoms with Crippen molar-refractivity contribution in [2.24, 2.45) is 0 Å². The zero-order valence-corrected chi connectivity index (χ0v) is 12.6. The number of para-hydroxylation sites is 1. The number of carbonyl (C=O) groups excluding carboxylic acids is 2. The summed E-state index contributed by atoms with van der Waals surface area (Å²) in [6.45, 7) is 3.19. The number of amides is 3. The average Bonchev–Trinajstić information content (AvgIpc) is 3.10. The minimum atomic E-state index is -0.450. The minimum Gasteiger partial charge on any atom is -0.507 e. The molecule has 0 saturated heterocycles. The van der Waals surface area contributed by atoms with E-state index >= 15 is 0 Å². The van der Waals surface area contributed by atoms with Crippen molar-refractivity contribution in [1.29, 1.82) is 0 Å². The summed E-state index contributed by atoms with van der Waals surface area (Å²) in [7, 11) is 0. The SMILES string of the molecule is CCNC(=O)N1Cc2[nH]nc(NC(=O)c3ccccc3O)c2C1. The third-order valence-electron chi connectivity index (χ3n) is 3.65. The van der Waals surface area contributed by atoms with Crippen LogP contribution in [0.2, 0.25) is 0 Å². The largest absolute Gasteiger partial charge is 0.507 e.